The molecule has 0 atom stereocenters. The van der Waals surface area contributed by atoms with Gasteiger partial charge >= 0.3 is 0 Å². The molecule has 92 valence electrons. The summed E-state index contributed by atoms with van der Waals surface area (Å²) < 4.78 is 7.81. The van der Waals surface area contributed by atoms with Gasteiger partial charge in [-0.25, -0.2) is 0 Å². The zero-order chi connectivity index (χ0) is 12.8. The van der Waals surface area contributed by atoms with Crippen LogP contribution in [0.1, 0.15) is 45.1 Å². The van der Waals surface area contributed by atoms with E-state index in [4.69, 9.17) is 1.37 Å². The van der Waals surface area contributed by atoms with Crippen LogP contribution in [0.25, 0.3) is 0 Å². The Bertz CT molecular complexity index is 468. The highest BCUT2D eigenvalue weighted by molar-refractivity contribution is 5.49. The van der Waals surface area contributed by atoms with Crippen molar-refractivity contribution in [2.24, 2.45) is 0 Å². The highest BCUT2D eigenvalue weighted by atomic mass is 16.3. The fourth-order valence-corrected chi connectivity index (χ4v) is 2.90. The lowest BCUT2D eigenvalue weighted by Crippen LogP contribution is -2.48. The molecule has 0 radical (unpaired) electrons. The lowest BCUT2D eigenvalue weighted by Gasteiger charge is -2.41. The van der Waals surface area contributed by atoms with Gasteiger partial charge in [-0.1, -0.05) is 0 Å². The normalized spacial score (nSPS) is 32.4. The highest BCUT2D eigenvalue weighted by Crippen LogP contribution is 2.35. The van der Waals surface area contributed by atoms with Crippen LogP contribution in [-0.2, 0) is 12.8 Å². The molecule has 1 saturated carbocycles. The minimum atomic E-state index is -0.527. The van der Waals surface area contributed by atoms with E-state index in [0.717, 1.165) is 49.9 Å². The molecular weight excluding hydrogens is 214 g/mol. The Hall–Kier alpha value is -1.16. The summed E-state index contributed by atoms with van der Waals surface area (Å²) in [6, 6.07) is 0.289. The number of hydrogen-bond acceptors (Lipinski definition) is 4. The van der Waals surface area contributed by atoms with E-state index in [9.17, 15) is 5.11 Å². The third-order valence-electron chi connectivity index (χ3n) is 3.80. The summed E-state index contributed by atoms with van der Waals surface area (Å²) in [6.07, 6.45) is 6.08. The van der Waals surface area contributed by atoms with E-state index in [1.54, 1.807) is 0 Å². The molecule has 0 spiro atoms. The molecular formula is C13H19N3O. The van der Waals surface area contributed by atoms with Crippen LogP contribution in [-0.4, -0.2) is 26.9 Å². The Balaban J connectivity index is 1.80. The Morgan fingerprint density at radius 3 is 3.00 bits per heavy atom. The van der Waals surface area contributed by atoms with Crippen LogP contribution in [0.4, 0.5) is 5.82 Å². The van der Waals surface area contributed by atoms with Crippen molar-refractivity contribution in [3.63, 3.8) is 0 Å². The number of aromatic nitrogens is 2. The minimum absolute atomic E-state index is 0.289. The lowest BCUT2D eigenvalue weighted by molar-refractivity contribution is -0.0235. The number of rotatable bonds is 2. The van der Waals surface area contributed by atoms with Crippen molar-refractivity contribution in [1.82, 2.24) is 10.2 Å². The van der Waals surface area contributed by atoms with Gasteiger partial charge in [0, 0.05) is 11.6 Å². The Morgan fingerprint density at radius 1 is 1.47 bits per heavy atom. The number of nitrogens with one attached hydrogen (secondary N) is 1. The maximum atomic E-state index is 9.74. The first kappa shape index (κ1) is 9.83. The van der Waals surface area contributed by atoms with Crippen molar-refractivity contribution >= 4 is 5.82 Å². The van der Waals surface area contributed by atoms with Crippen molar-refractivity contribution < 1.29 is 6.48 Å². The highest BCUT2D eigenvalue weighted by Gasteiger charge is 2.38. The Labute approximate surface area is 103 Å². The first-order chi connectivity index (χ1) is 8.55. The SMILES string of the molecule is [2H]c1nnc(NC2CC(C)(O)C2)c2c1CCCC2. The van der Waals surface area contributed by atoms with E-state index in [2.05, 4.69) is 15.5 Å². The van der Waals surface area contributed by atoms with Crippen molar-refractivity contribution in [1.29, 1.82) is 0 Å². The van der Waals surface area contributed by atoms with Crippen molar-refractivity contribution in [2.45, 2.75) is 57.1 Å². The molecule has 0 aliphatic heterocycles. The summed E-state index contributed by atoms with van der Waals surface area (Å²) in [5, 5.41) is 21.2. The second-order valence-corrected chi connectivity index (χ2v) is 5.57. The first-order valence-corrected chi connectivity index (χ1v) is 6.39. The third kappa shape index (κ3) is 2.14. The molecule has 0 unspecified atom stereocenters. The van der Waals surface area contributed by atoms with Crippen LogP contribution in [0.15, 0.2) is 6.17 Å². The van der Waals surface area contributed by atoms with Crippen molar-refractivity contribution in [3.8, 4) is 0 Å². The van der Waals surface area contributed by atoms with E-state index < -0.39 is 5.60 Å². The minimum Gasteiger partial charge on any atom is -0.390 e. The summed E-state index contributed by atoms with van der Waals surface area (Å²) >= 11 is 0. The number of nitrogens with zero attached hydrogens (tertiary/aromatic N) is 2. The predicted molar refractivity (Wildman–Crippen MR) is 65.9 cm³/mol. The fourth-order valence-electron chi connectivity index (χ4n) is 2.90. The maximum Gasteiger partial charge on any atom is 0.152 e. The van der Waals surface area contributed by atoms with Crippen LogP contribution in [0.3, 0.4) is 0 Å². The van der Waals surface area contributed by atoms with Crippen LogP contribution in [0, 0.1) is 0 Å². The molecule has 1 heterocycles. The molecule has 0 amide bonds. The second kappa shape index (κ2) is 3.95. The molecule has 2 N–H and O–H groups in total. The molecule has 0 saturated heterocycles. The maximum absolute atomic E-state index is 9.74. The zero-order valence-electron chi connectivity index (χ0n) is 11.2. The summed E-state index contributed by atoms with van der Waals surface area (Å²) in [5.41, 5.74) is 1.71. The van der Waals surface area contributed by atoms with Crippen molar-refractivity contribution in [2.75, 3.05) is 5.32 Å². The van der Waals surface area contributed by atoms with E-state index >= 15 is 0 Å². The molecule has 3 rings (SSSR count). The van der Waals surface area contributed by atoms with E-state index in [1.807, 2.05) is 6.92 Å². The summed E-state index contributed by atoms with van der Waals surface area (Å²) in [7, 11) is 0. The molecule has 1 fully saturated rings. The van der Waals surface area contributed by atoms with E-state index in [0.29, 0.717) is 6.17 Å². The molecule has 0 bridgehead atoms. The topological polar surface area (TPSA) is 58.0 Å². The van der Waals surface area contributed by atoms with Crippen LogP contribution in [0.2, 0.25) is 0 Å². The summed E-state index contributed by atoms with van der Waals surface area (Å²) in [6.45, 7) is 1.86. The molecule has 1 aromatic rings. The summed E-state index contributed by atoms with van der Waals surface area (Å²) in [5.74, 6) is 0.834. The monoisotopic (exact) mass is 234 g/mol. The van der Waals surface area contributed by atoms with Gasteiger partial charge in [0.2, 0.25) is 0 Å². The van der Waals surface area contributed by atoms with Gasteiger partial charge in [0.1, 0.15) is 0 Å². The van der Waals surface area contributed by atoms with Gasteiger partial charge in [-0.3, -0.25) is 0 Å². The van der Waals surface area contributed by atoms with E-state index in [-0.39, 0.29) is 6.04 Å². The van der Waals surface area contributed by atoms with Gasteiger partial charge in [-0.15, -0.1) is 5.10 Å². The van der Waals surface area contributed by atoms with E-state index in [1.165, 1.54) is 5.56 Å². The zero-order valence-corrected chi connectivity index (χ0v) is 10.2. The number of hydrogen-bond donors (Lipinski definition) is 2. The smallest absolute Gasteiger partial charge is 0.152 e. The van der Waals surface area contributed by atoms with Gasteiger partial charge in [-0.05, 0) is 51.0 Å². The predicted octanol–water partition coefficient (Wildman–Crippen LogP) is 1.68. The van der Waals surface area contributed by atoms with Crippen LogP contribution >= 0.6 is 0 Å². The number of fused-ring (bicyclic) bond motifs is 1. The van der Waals surface area contributed by atoms with Gasteiger partial charge in [0.05, 0.1) is 13.1 Å². The average molecular weight is 234 g/mol. The molecule has 4 heteroatoms. The Kier molecular flexibility index (Phi) is 2.28. The van der Waals surface area contributed by atoms with Gasteiger partial charge in [0.15, 0.2) is 5.82 Å². The molecule has 17 heavy (non-hydrogen) atoms. The standard InChI is InChI=1S/C13H19N3O/c1-13(17)6-10(7-13)15-12-11-5-3-2-4-9(11)8-14-16-12/h8,10,17H,2-7H2,1H3,(H,15,16)/i8D. The van der Waals surface area contributed by atoms with Gasteiger partial charge in [0.25, 0.3) is 0 Å². The molecule has 1 aromatic heterocycles. The Morgan fingerprint density at radius 2 is 2.24 bits per heavy atom. The molecule has 2 aliphatic rings. The van der Waals surface area contributed by atoms with Crippen LogP contribution < -0.4 is 5.32 Å². The molecule has 2 aliphatic carbocycles. The molecule has 4 nitrogen and oxygen atoms in total. The quantitative estimate of drug-likeness (QED) is 0.817. The largest absolute Gasteiger partial charge is 0.390 e. The lowest BCUT2D eigenvalue weighted by atomic mass is 9.77. The number of anilines is 1. The summed E-state index contributed by atoms with van der Waals surface area (Å²) in [4.78, 5) is 0. The van der Waals surface area contributed by atoms with Crippen LogP contribution in [0.5, 0.6) is 0 Å². The third-order valence-corrected chi connectivity index (χ3v) is 3.80. The van der Waals surface area contributed by atoms with Gasteiger partial charge in [-0.2, -0.15) is 5.10 Å². The fraction of sp³-hybridized carbons (Fsp3) is 0.692. The second-order valence-electron chi connectivity index (χ2n) is 5.57. The molecule has 0 aromatic carbocycles. The van der Waals surface area contributed by atoms with Crippen molar-refractivity contribution in [3.05, 3.63) is 17.3 Å². The average Bonchev–Trinajstić information content (AvgIpc) is 2.31. The van der Waals surface area contributed by atoms with Gasteiger partial charge < -0.3 is 10.4 Å². The number of aliphatic hydroxyl groups is 1. The first-order valence-electron chi connectivity index (χ1n) is 6.89.